The molecule has 0 fully saturated rings. The molecule has 0 aromatic heterocycles. The van der Waals surface area contributed by atoms with E-state index in [9.17, 15) is 10.2 Å². The molecule has 0 aliphatic carbocycles. The predicted molar refractivity (Wildman–Crippen MR) is 109 cm³/mol. The van der Waals surface area contributed by atoms with Crippen molar-refractivity contribution in [3.63, 3.8) is 0 Å². The number of phenolic OH excluding ortho intramolecular Hbond substituents is 1. The number of aryl methyl sites for hydroxylation is 1. The van der Waals surface area contributed by atoms with Gasteiger partial charge in [-0.25, -0.2) is 0 Å². The molecule has 0 saturated heterocycles. The van der Waals surface area contributed by atoms with E-state index in [0.29, 0.717) is 31.1 Å². The van der Waals surface area contributed by atoms with E-state index in [2.05, 4.69) is 27.7 Å². The van der Waals surface area contributed by atoms with Crippen molar-refractivity contribution < 1.29 is 14.9 Å². The molecule has 150 valence electrons. The van der Waals surface area contributed by atoms with E-state index in [1.165, 1.54) is 19.3 Å². The molecule has 2 atom stereocenters. The van der Waals surface area contributed by atoms with Gasteiger partial charge in [-0.1, -0.05) is 53.0 Å². The summed E-state index contributed by atoms with van der Waals surface area (Å²) in [6.45, 7) is 9.41. The van der Waals surface area contributed by atoms with E-state index in [1.807, 2.05) is 12.1 Å². The molecule has 0 saturated carbocycles. The van der Waals surface area contributed by atoms with Gasteiger partial charge in [-0.3, -0.25) is 0 Å². The molecule has 1 aromatic carbocycles. The Morgan fingerprint density at radius 1 is 1.15 bits per heavy atom. The quantitative estimate of drug-likeness (QED) is 0.475. The van der Waals surface area contributed by atoms with Crippen LogP contribution in [0.2, 0.25) is 0 Å². The standard InChI is InChI=1S/C22H39NO3/c1-5-12-22(23,16-24)13-11-19-9-10-20(14-21(19)25)26-15-18(4)8-6-7-17(2)3/h9-10,14,17-18,24-25H,5-8,11-13,15-16,23H2,1-4H3. The highest BCUT2D eigenvalue weighted by Crippen LogP contribution is 2.27. The van der Waals surface area contributed by atoms with E-state index >= 15 is 0 Å². The first kappa shape index (κ1) is 22.8. The molecule has 0 amide bonds. The van der Waals surface area contributed by atoms with Crippen LogP contribution in [-0.4, -0.2) is 29.0 Å². The molecule has 0 spiro atoms. The van der Waals surface area contributed by atoms with Gasteiger partial charge in [0.25, 0.3) is 0 Å². The highest BCUT2D eigenvalue weighted by Gasteiger charge is 2.23. The first-order valence-electron chi connectivity index (χ1n) is 10.1. The highest BCUT2D eigenvalue weighted by atomic mass is 16.5. The van der Waals surface area contributed by atoms with Crippen molar-refractivity contribution in [3.05, 3.63) is 23.8 Å². The third-order valence-electron chi connectivity index (χ3n) is 5.02. The zero-order chi connectivity index (χ0) is 19.6. The lowest BCUT2D eigenvalue weighted by Crippen LogP contribution is -2.43. The van der Waals surface area contributed by atoms with Crippen LogP contribution in [0.25, 0.3) is 0 Å². The van der Waals surface area contributed by atoms with Crippen molar-refractivity contribution >= 4 is 0 Å². The third-order valence-corrected chi connectivity index (χ3v) is 5.02. The van der Waals surface area contributed by atoms with Crippen LogP contribution in [0.4, 0.5) is 0 Å². The fourth-order valence-corrected chi connectivity index (χ4v) is 3.21. The van der Waals surface area contributed by atoms with Gasteiger partial charge in [-0.2, -0.15) is 0 Å². The van der Waals surface area contributed by atoms with Gasteiger partial charge in [-0.05, 0) is 49.1 Å². The number of hydrogen-bond donors (Lipinski definition) is 3. The number of benzene rings is 1. The van der Waals surface area contributed by atoms with Crippen LogP contribution in [0.15, 0.2) is 18.2 Å². The summed E-state index contributed by atoms with van der Waals surface area (Å²) in [6.07, 6.45) is 6.67. The number of aromatic hydroxyl groups is 1. The smallest absolute Gasteiger partial charge is 0.123 e. The van der Waals surface area contributed by atoms with Crippen molar-refractivity contribution in [2.24, 2.45) is 17.6 Å². The summed E-state index contributed by atoms with van der Waals surface area (Å²) >= 11 is 0. The summed E-state index contributed by atoms with van der Waals surface area (Å²) in [6, 6.07) is 5.50. The Labute approximate surface area is 159 Å². The van der Waals surface area contributed by atoms with Gasteiger partial charge in [0.2, 0.25) is 0 Å². The second-order valence-corrected chi connectivity index (χ2v) is 8.30. The highest BCUT2D eigenvalue weighted by molar-refractivity contribution is 5.39. The largest absolute Gasteiger partial charge is 0.508 e. The van der Waals surface area contributed by atoms with Crippen molar-refractivity contribution in [2.45, 2.75) is 78.2 Å². The molecule has 4 nitrogen and oxygen atoms in total. The molecule has 1 aromatic rings. The second-order valence-electron chi connectivity index (χ2n) is 8.30. The van der Waals surface area contributed by atoms with Crippen LogP contribution in [0.1, 0.15) is 71.8 Å². The maximum atomic E-state index is 10.3. The van der Waals surface area contributed by atoms with Gasteiger partial charge >= 0.3 is 0 Å². The third kappa shape index (κ3) is 8.41. The molecule has 0 aliphatic heterocycles. The van der Waals surface area contributed by atoms with Crippen LogP contribution in [0.5, 0.6) is 11.5 Å². The summed E-state index contributed by atoms with van der Waals surface area (Å²) in [4.78, 5) is 0. The van der Waals surface area contributed by atoms with E-state index < -0.39 is 5.54 Å². The molecule has 0 bridgehead atoms. The number of rotatable bonds is 13. The van der Waals surface area contributed by atoms with Gasteiger partial charge in [0.1, 0.15) is 11.5 Å². The number of ether oxygens (including phenoxy) is 1. The second kappa shape index (κ2) is 11.5. The average Bonchev–Trinajstić information content (AvgIpc) is 2.59. The normalized spacial score (nSPS) is 15.0. The number of hydrogen-bond acceptors (Lipinski definition) is 4. The first-order chi connectivity index (χ1) is 12.3. The number of nitrogens with two attached hydrogens (primary N) is 1. The van der Waals surface area contributed by atoms with Crippen LogP contribution in [0.3, 0.4) is 0 Å². The fourth-order valence-electron chi connectivity index (χ4n) is 3.21. The maximum Gasteiger partial charge on any atom is 0.123 e. The van der Waals surface area contributed by atoms with Gasteiger partial charge in [0, 0.05) is 11.6 Å². The molecule has 26 heavy (non-hydrogen) atoms. The summed E-state index contributed by atoms with van der Waals surface area (Å²) in [5.74, 6) is 2.21. The Morgan fingerprint density at radius 2 is 1.88 bits per heavy atom. The van der Waals surface area contributed by atoms with E-state index in [4.69, 9.17) is 10.5 Å². The number of aliphatic hydroxyl groups is 1. The van der Waals surface area contributed by atoms with Crippen LogP contribution >= 0.6 is 0 Å². The van der Waals surface area contributed by atoms with Crippen LogP contribution in [0, 0.1) is 11.8 Å². The summed E-state index contributed by atoms with van der Waals surface area (Å²) in [5, 5.41) is 19.8. The van der Waals surface area contributed by atoms with Crippen molar-refractivity contribution in [3.8, 4) is 11.5 Å². The van der Waals surface area contributed by atoms with E-state index in [0.717, 1.165) is 24.3 Å². The minimum atomic E-state index is -0.568. The topological polar surface area (TPSA) is 75.7 Å². The molecule has 0 aliphatic rings. The monoisotopic (exact) mass is 365 g/mol. The van der Waals surface area contributed by atoms with Gasteiger partial charge in [0.05, 0.1) is 13.2 Å². The minimum absolute atomic E-state index is 0.0303. The molecule has 0 heterocycles. The molecule has 4 heteroatoms. The Kier molecular flexibility index (Phi) is 10.0. The molecule has 2 unspecified atom stereocenters. The van der Waals surface area contributed by atoms with Gasteiger partial charge in [-0.15, -0.1) is 0 Å². The average molecular weight is 366 g/mol. The van der Waals surface area contributed by atoms with Crippen molar-refractivity contribution in [1.29, 1.82) is 0 Å². The van der Waals surface area contributed by atoms with Crippen LogP contribution in [-0.2, 0) is 6.42 Å². The summed E-state index contributed by atoms with van der Waals surface area (Å²) < 4.78 is 5.84. The lowest BCUT2D eigenvalue weighted by Gasteiger charge is -2.27. The van der Waals surface area contributed by atoms with E-state index in [-0.39, 0.29) is 12.4 Å². The van der Waals surface area contributed by atoms with Crippen LogP contribution < -0.4 is 10.5 Å². The summed E-state index contributed by atoms with van der Waals surface area (Å²) in [7, 11) is 0. The fraction of sp³-hybridized carbons (Fsp3) is 0.727. The minimum Gasteiger partial charge on any atom is -0.508 e. The Morgan fingerprint density at radius 3 is 2.46 bits per heavy atom. The Hall–Kier alpha value is -1.26. The summed E-state index contributed by atoms with van der Waals surface area (Å²) in [5.41, 5.74) is 6.50. The predicted octanol–water partition coefficient (Wildman–Crippen LogP) is 4.66. The van der Waals surface area contributed by atoms with Gasteiger partial charge in [0.15, 0.2) is 0 Å². The number of aliphatic hydroxyl groups excluding tert-OH is 1. The molecular weight excluding hydrogens is 326 g/mol. The lowest BCUT2D eigenvalue weighted by molar-refractivity contribution is 0.177. The maximum absolute atomic E-state index is 10.3. The molecule has 4 N–H and O–H groups in total. The Bertz CT molecular complexity index is 518. The first-order valence-corrected chi connectivity index (χ1v) is 10.1. The van der Waals surface area contributed by atoms with Crippen molar-refractivity contribution in [2.75, 3.05) is 13.2 Å². The lowest BCUT2D eigenvalue weighted by atomic mass is 9.88. The molecule has 1 rings (SSSR count). The SMILES string of the molecule is CCCC(N)(CO)CCc1ccc(OCC(C)CCCC(C)C)cc1O. The Balaban J connectivity index is 2.48. The molecule has 0 radical (unpaired) electrons. The number of phenols is 1. The zero-order valence-electron chi connectivity index (χ0n) is 17.1. The molecular formula is C22H39NO3. The zero-order valence-corrected chi connectivity index (χ0v) is 17.1. The van der Waals surface area contributed by atoms with Crippen molar-refractivity contribution in [1.82, 2.24) is 0 Å². The van der Waals surface area contributed by atoms with Gasteiger partial charge < -0.3 is 20.7 Å². The van der Waals surface area contributed by atoms with E-state index in [1.54, 1.807) is 6.07 Å².